The molecule has 2 aromatic heterocycles. The molecule has 0 radical (unpaired) electrons. The van der Waals surface area contributed by atoms with Crippen LogP contribution >= 0.6 is 0 Å². The van der Waals surface area contributed by atoms with Gasteiger partial charge in [0.1, 0.15) is 23.1 Å². The van der Waals surface area contributed by atoms with Crippen molar-refractivity contribution >= 4 is 23.4 Å². The molecule has 9 heteroatoms. The summed E-state index contributed by atoms with van der Waals surface area (Å²) in [6, 6.07) is 5.94. The average Bonchev–Trinajstić information content (AvgIpc) is 2.94. The van der Waals surface area contributed by atoms with Crippen LogP contribution in [0.4, 0.5) is 26.2 Å². The number of benzene rings is 1. The van der Waals surface area contributed by atoms with Gasteiger partial charge in [-0.25, -0.2) is 18.7 Å². The highest BCUT2D eigenvalue weighted by atomic mass is 19.1. The van der Waals surface area contributed by atoms with Crippen molar-refractivity contribution < 1.29 is 18.1 Å². The SMILES string of the molecule is Cc1cc(C(=O)Nc2ccc(F)cc2F)nc(Nc2cc(C)on2)n1. The maximum Gasteiger partial charge on any atom is 0.274 e. The van der Waals surface area contributed by atoms with Gasteiger partial charge in [0.15, 0.2) is 5.82 Å². The van der Waals surface area contributed by atoms with Gasteiger partial charge in [-0.3, -0.25) is 4.79 Å². The summed E-state index contributed by atoms with van der Waals surface area (Å²) in [5, 5.41) is 8.91. The first kappa shape index (κ1) is 16.5. The van der Waals surface area contributed by atoms with Gasteiger partial charge in [-0.05, 0) is 32.0 Å². The van der Waals surface area contributed by atoms with Crippen LogP contribution in [0.3, 0.4) is 0 Å². The highest BCUT2D eigenvalue weighted by Gasteiger charge is 2.14. The van der Waals surface area contributed by atoms with Crippen molar-refractivity contribution in [1.82, 2.24) is 15.1 Å². The Morgan fingerprint density at radius 3 is 2.60 bits per heavy atom. The van der Waals surface area contributed by atoms with Crippen LogP contribution in [0.1, 0.15) is 21.9 Å². The number of carbonyl (C=O) groups is 1. The fourth-order valence-electron chi connectivity index (χ4n) is 2.06. The standard InChI is InChI=1S/C16H13F2N5O2/c1-8-5-13(15(24)20-12-4-3-10(17)7-11(12)18)21-16(19-8)22-14-6-9(2)25-23-14/h3-7H,1-2H3,(H,20,24)(H,19,21,22,23). The second-order valence-electron chi connectivity index (χ2n) is 5.24. The van der Waals surface area contributed by atoms with E-state index in [4.69, 9.17) is 4.52 Å². The maximum absolute atomic E-state index is 13.7. The van der Waals surface area contributed by atoms with Crippen LogP contribution in [0.2, 0.25) is 0 Å². The molecule has 0 aliphatic heterocycles. The maximum atomic E-state index is 13.7. The largest absolute Gasteiger partial charge is 0.360 e. The number of rotatable bonds is 4. The number of nitrogens with one attached hydrogen (secondary N) is 2. The molecule has 0 aliphatic rings. The topological polar surface area (TPSA) is 92.9 Å². The molecule has 3 aromatic rings. The fourth-order valence-corrected chi connectivity index (χ4v) is 2.06. The molecule has 0 unspecified atom stereocenters. The molecule has 2 heterocycles. The number of anilines is 3. The minimum atomic E-state index is -0.879. The van der Waals surface area contributed by atoms with Gasteiger partial charge in [0.2, 0.25) is 5.95 Å². The molecule has 7 nitrogen and oxygen atoms in total. The molecule has 0 saturated heterocycles. The molecule has 1 amide bonds. The van der Waals surface area contributed by atoms with Crippen molar-refractivity contribution in [3.05, 3.63) is 59.1 Å². The van der Waals surface area contributed by atoms with Crippen LogP contribution in [0.5, 0.6) is 0 Å². The summed E-state index contributed by atoms with van der Waals surface area (Å²) < 4.78 is 31.5. The lowest BCUT2D eigenvalue weighted by atomic mass is 10.2. The Morgan fingerprint density at radius 2 is 1.92 bits per heavy atom. The molecule has 0 aliphatic carbocycles. The van der Waals surface area contributed by atoms with Gasteiger partial charge in [0.05, 0.1) is 5.69 Å². The zero-order valence-electron chi connectivity index (χ0n) is 13.3. The van der Waals surface area contributed by atoms with Crippen molar-refractivity contribution in [1.29, 1.82) is 0 Å². The van der Waals surface area contributed by atoms with E-state index in [9.17, 15) is 13.6 Å². The van der Waals surface area contributed by atoms with Gasteiger partial charge in [0.25, 0.3) is 5.91 Å². The van der Waals surface area contributed by atoms with Gasteiger partial charge >= 0.3 is 0 Å². The Hall–Kier alpha value is -3.36. The molecular formula is C16H13F2N5O2. The summed E-state index contributed by atoms with van der Waals surface area (Å²) >= 11 is 0. The third-order valence-corrected chi connectivity index (χ3v) is 3.13. The number of carbonyl (C=O) groups excluding carboxylic acids is 1. The van der Waals surface area contributed by atoms with Crippen molar-refractivity contribution in [3.63, 3.8) is 0 Å². The number of halogens is 2. The fraction of sp³-hybridized carbons (Fsp3) is 0.125. The third kappa shape index (κ3) is 3.94. The van der Waals surface area contributed by atoms with Gasteiger partial charge < -0.3 is 15.2 Å². The Kier molecular flexibility index (Phi) is 4.38. The molecule has 25 heavy (non-hydrogen) atoms. The zero-order chi connectivity index (χ0) is 18.0. The van der Waals surface area contributed by atoms with Crippen LogP contribution in [-0.4, -0.2) is 21.0 Å². The molecule has 0 bridgehead atoms. The normalized spacial score (nSPS) is 10.6. The van der Waals surface area contributed by atoms with E-state index in [1.807, 2.05) is 0 Å². The molecule has 0 spiro atoms. The Balaban J connectivity index is 1.82. The predicted molar refractivity (Wildman–Crippen MR) is 85.6 cm³/mol. The van der Waals surface area contributed by atoms with Crippen molar-refractivity contribution in [2.75, 3.05) is 10.6 Å². The predicted octanol–water partition coefficient (Wildman–Crippen LogP) is 3.36. The summed E-state index contributed by atoms with van der Waals surface area (Å²) in [6.07, 6.45) is 0. The van der Waals surface area contributed by atoms with E-state index in [1.165, 1.54) is 6.07 Å². The van der Waals surface area contributed by atoms with E-state index < -0.39 is 17.5 Å². The minimum absolute atomic E-state index is 0.0129. The lowest BCUT2D eigenvalue weighted by Crippen LogP contribution is -2.16. The highest BCUT2D eigenvalue weighted by molar-refractivity contribution is 6.03. The van der Waals surface area contributed by atoms with Gasteiger partial charge in [0, 0.05) is 17.8 Å². The molecule has 0 fully saturated rings. The zero-order valence-corrected chi connectivity index (χ0v) is 13.3. The Bertz CT molecular complexity index is 942. The van der Waals surface area contributed by atoms with E-state index in [-0.39, 0.29) is 17.3 Å². The first-order valence-corrected chi connectivity index (χ1v) is 7.23. The van der Waals surface area contributed by atoms with E-state index in [1.54, 1.807) is 19.9 Å². The molecule has 2 N–H and O–H groups in total. The highest BCUT2D eigenvalue weighted by Crippen LogP contribution is 2.17. The lowest BCUT2D eigenvalue weighted by Gasteiger charge is -2.08. The van der Waals surface area contributed by atoms with E-state index in [0.29, 0.717) is 23.3 Å². The minimum Gasteiger partial charge on any atom is -0.360 e. The quantitative estimate of drug-likeness (QED) is 0.753. The first-order chi connectivity index (χ1) is 11.9. The van der Waals surface area contributed by atoms with Crippen LogP contribution in [0, 0.1) is 25.5 Å². The number of hydrogen-bond acceptors (Lipinski definition) is 6. The van der Waals surface area contributed by atoms with E-state index >= 15 is 0 Å². The Labute approximate surface area is 141 Å². The van der Waals surface area contributed by atoms with Crippen molar-refractivity contribution in [2.24, 2.45) is 0 Å². The average molecular weight is 345 g/mol. The molecule has 3 rings (SSSR count). The number of amides is 1. The van der Waals surface area contributed by atoms with E-state index in [0.717, 1.165) is 12.1 Å². The first-order valence-electron chi connectivity index (χ1n) is 7.23. The third-order valence-electron chi connectivity index (χ3n) is 3.13. The van der Waals surface area contributed by atoms with Crippen molar-refractivity contribution in [2.45, 2.75) is 13.8 Å². The lowest BCUT2D eigenvalue weighted by molar-refractivity contribution is 0.102. The van der Waals surface area contributed by atoms with Crippen LogP contribution in [0.25, 0.3) is 0 Å². The smallest absolute Gasteiger partial charge is 0.274 e. The van der Waals surface area contributed by atoms with Crippen LogP contribution in [-0.2, 0) is 0 Å². The molecule has 0 atom stereocenters. The van der Waals surface area contributed by atoms with Crippen molar-refractivity contribution in [3.8, 4) is 0 Å². The summed E-state index contributed by atoms with van der Waals surface area (Å²) in [6.45, 7) is 3.40. The summed E-state index contributed by atoms with van der Waals surface area (Å²) in [5.41, 5.74) is 0.380. The molecular weight excluding hydrogens is 332 g/mol. The Morgan fingerprint density at radius 1 is 1.12 bits per heavy atom. The second-order valence-corrected chi connectivity index (χ2v) is 5.24. The molecule has 128 valence electrons. The summed E-state index contributed by atoms with van der Waals surface area (Å²) in [4.78, 5) is 20.5. The number of nitrogens with zero attached hydrogens (tertiary/aromatic N) is 3. The molecule has 1 aromatic carbocycles. The van der Waals surface area contributed by atoms with Gasteiger partial charge in [-0.15, -0.1) is 0 Å². The van der Waals surface area contributed by atoms with Crippen LogP contribution in [0.15, 0.2) is 34.9 Å². The number of aryl methyl sites for hydroxylation is 2. The second kappa shape index (κ2) is 6.63. The number of hydrogen-bond donors (Lipinski definition) is 2. The summed E-state index contributed by atoms with van der Waals surface area (Å²) in [5.74, 6) is -1.15. The number of aromatic nitrogens is 3. The van der Waals surface area contributed by atoms with Gasteiger partial charge in [-0.1, -0.05) is 5.16 Å². The monoisotopic (exact) mass is 345 g/mol. The van der Waals surface area contributed by atoms with E-state index in [2.05, 4.69) is 25.8 Å². The molecule has 0 saturated carbocycles. The van der Waals surface area contributed by atoms with Crippen LogP contribution < -0.4 is 10.6 Å². The van der Waals surface area contributed by atoms with Gasteiger partial charge in [-0.2, -0.15) is 0 Å². The summed E-state index contributed by atoms with van der Waals surface area (Å²) in [7, 11) is 0.